The van der Waals surface area contributed by atoms with E-state index in [4.69, 9.17) is 4.42 Å². The second kappa shape index (κ2) is 19.5. The molecule has 8 nitrogen and oxygen atoms in total. The molecular formula is C29H52N4O4. The van der Waals surface area contributed by atoms with E-state index in [0.717, 1.165) is 6.04 Å². The molecule has 1 atom stereocenters. The van der Waals surface area contributed by atoms with Crippen molar-refractivity contribution < 1.29 is 18.8 Å². The van der Waals surface area contributed by atoms with E-state index in [-0.39, 0.29) is 30.3 Å². The fraction of sp³-hybridized carbons (Fsp3) is 0.690. The SMILES string of the molecule is C/C(=C\[C@H](C(C)C)N(C)C(=O)CNC=O)C(=O)N(C)Cc1ccco1.CC(C)N1CCCCC1.CCC. The number of likely N-dealkylation sites (tertiary alicyclic amines) is 1. The monoisotopic (exact) mass is 520 g/mol. The second-order valence-electron chi connectivity index (χ2n) is 10.2. The molecule has 0 saturated carbocycles. The Morgan fingerprint density at radius 3 is 2.14 bits per heavy atom. The van der Waals surface area contributed by atoms with Crippen LogP contribution in [0.1, 0.15) is 79.9 Å². The predicted molar refractivity (Wildman–Crippen MR) is 151 cm³/mol. The van der Waals surface area contributed by atoms with Crippen LogP contribution in [0.15, 0.2) is 34.5 Å². The van der Waals surface area contributed by atoms with Gasteiger partial charge >= 0.3 is 0 Å². The van der Waals surface area contributed by atoms with Crippen LogP contribution < -0.4 is 5.32 Å². The van der Waals surface area contributed by atoms with Crippen LogP contribution in [-0.2, 0) is 20.9 Å². The Morgan fingerprint density at radius 1 is 1.11 bits per heavy atom. The van der Waals surface area contributed by atoms with Gasteiger partial charge in [-0.25, -0.2) is 0 Å². The van der Waals surface area contributed by atoms with Crippen molar-refractivity contribution in [1.29, 1.82) is 0 Å². The molecule has 1 N–H and O–H groups in total. The van der Waals surface area contributed by atoms with E-state index in [1.165, 1.54) is 38.8 Å². The van der Waals surface area contributed by atoms with Crippen molar-refractivity contribution in [3.8, 4) is 0 Å². The number of hydrogen-bond donors (Lipinski definition) is 1. The third-order valence-corrected chi connectivity index (χ3v) is 6.06. The Kier molecular flexibility index (Phi) is 18.1. The second-order valence-corrected chi connectivity index (χ2v) is 10.2. The van der Waals surface area contributed by atoms with Crippen LogP contribution in [0.25, 0.3) is 0 Å². The van der Waals surface area contributed by atoms with E-state index in [2.05, 4.69) is 37.9 Å². The molecule has 37 heavy (non-hydrogen) atoms. The van der Waals surface area contributed by atoms with E-state index < -0.39 is 0 Å². The van der Waals surface area contributed by atoms with Crippen molar-refractivity contribution >= 4 is 18.2 Å². The van der Waals surface area contributed by atoms with Crippen molar-refractivity contribution in [3.05, 3.63) is 35.8 Å². The average molecular weight is 521 g/mol. The maximum Gasteiger partial charge on any atom is 0.249 e. The van der Waals surface area contributed by atoms with Crippen LogP contribution in [-0.4, -0.2) is 78.7 Å². The Morgan fingerprint density at radius 2 is 1.70 bits per heavy atom. The van der Waals surface area contributed by atoms with Gasteiger partial charge < -0.3 is 24.4 Å². The van der Waals surface area contributed by atoms with Crippen molar-refractivity contribution in [2.75, 3.05) is 33.7 Å². The summed E-state index contributed by atoms with van der Waals surface area (Å²) in [5.74, 6) is 0.472. The third kappa shape index (κ3) is 14.1. The van der Waals surface area contributed by atoms with Crippen molar-refractivity contribution in [3.63, 3.8) is 0 Å². The van der Waals surface area contributed by atoms with Gasteiger partial charge in [0.25, 0.3) is 0 Å². The fourth-order valence-electron chi connectivity index (χ4n) is 3.94. The van der Waals surface area contributed by atoms with Crippen molar-refractivity contribution in [2.24, 2.45) is 5.92 Å². The molecule has 0 unspecified atom stereocenters. The van der Waals surface area contributed by atoms with Gasteiger partial charge in [-0.2, -0.15) is 0 Å². The summed E-state index contributed by atoms with van der Waals surface area (Å²) >= 11 is 0. The summed E-state index contributed by atoms with van der Waals surface area (Å²) in [6.07, 6.45) is 9.38. The molecule has 0 spiro atoms. The van der Waals surface area contributed by atoms with Gasteiger partial charge in [0.2, 0.25) is 18.2 Å². The van der Waals surface area contributed by atoms with E-state index in [9.17, 15) is 14.4 Å². The number of hydrogen-bond acceptors (Lipinski definition) is 5. The maximum absolute atomic E-state index is 12.5. The number of carbonyl (C=O) groups excluding carboxylic acids is 3. The molecule has 1 aliphatic heterocycles. The summed E-state index contributed by atoms with van der Waals surface area (Å²) in [7, 11) is 3.37. The maximum atomic E-state index is 12.5. The molecule has 2 heterocycles. The smallest absolute Gasteiger partial charge is 0.249 e. The number of furan rings is 1. The highest BCUT2D eigenvalue weighted by atomic mass is 16.3. The average Bonchev–Trinajstić information content (AvgIpc) is 3.39. The van der Waals surface area contributed by atoms with Crippen LogP contribution in [0.5, 0.6) is 0 Å². The van der Waals surface area contributed by atoms with Crippen molar-refractivity contribution in [1.82, 2.24) is 20.0 Å². The molecule has 0 aromatic carbocycles. The lowest BCUT2D eigenvalue weighted by molar-refractivity contribution is -0.132. The summed E-state index contributed by atoms with van der Waals surface area (Å²) in [5.41, 5.74) is 0.552. The molecule has 1 aliphatic rings. The van der Waals surface area contributed by atoms with Gasteiger partial charge in [0.1, 0.15) is 5.76 Å². The number of likely N-dealkylation sites (N-methyl/N-ethyl adjacent to an activating group) is 2. The molecule has 0 radical (unpaired) electrons. The molecule has 1 aromatic heterocycles. The third-order valence-electron chi connectivity index (χ3n) is 6.06. The molecule has 3 amide bonds. The summed E-state index contributed by atoms with van der Waals surface area (Å²) in [6.45, 7) is 17.5. The van der Waals surface area contributed by atoms with Crippen LogP contribution in [0.4, 0.5) is 0 Å². The molecule has 1 aromatic rings. The van der Waals surface area contributed by atoms with Gasteiger partial charge in [0.15, 0.2) is 0 Å². The molecule has 1 saturated heterocycles. The molecule has 8 heteroatoms. The minimum absolute atomic E-state index is 0.0670. The highest BCUT2D eigenvalue weighted by Crippen LogP contribution is 2.15. The number of amides is 3. The first-order valence-corrected chi connectivity index (χ1v) is 13.6. The Hall–Kier alpha value is -2.61. The van der Waals surface area contributed by atoms with Gasteiger partial charge in [0, 0.05) is 25.7 Å². The zero-order valence-corrected chi connectivity index (χ0v) is 24.8. The van der Waals surface area contributed by atoms with E-state index in [1.807, 2.05) is 19.9 Å². The highest BCUT2D eigenvalue weighted by Gasteiger charge is 2.23. The lowest BCUT2D eigenvalue weighted by atomic mass is 9.99. The number of carbonyl (C=O) groups is 3. The molecular weight excluding hydrogens is 468 g/mol. The van der Waals surface area contributed by atoms with Crippen LogP contribution >= 0.6 is 0 Å². The lowest BCUT2D eigenvalue weighted by Crippen LogP contribution is -2.43. The van der Waals surface area contributed by atoms with Crippen LogP contribution in [0.2, 0.25) is 0 Å². The highest BCUT2D eigenvalue weighted by molar-refractivity contribution is 5.92. The first-order chi connectivity index (χ1) is 17.5. The minimum Gasteiger partial charge on any atom is -0.467 e. The zero-order chi connectivity index (χ0) is 28.4. The number of nitrogens with one attached hydrogen (secondary N) is 1. The van der Waals surface area contributed by atoms with Gasteiger partial charge in [-0.15, -0.1) is 0 Å². The van der Waals surface area contributed by atoms with E-state index >= 15 is 0 Å². The minimum atomic E-state index is -0.248. The lowest BCUT2D eigenvalue weighted by Gasteiger charge is -2.30. The van der Waals surface area contributed by atoms with Gasteiger partial charge in [-0.1, -0.05) is 46.6 Å². The molecule has 0 bridgehead atoms. The summed E-state index contributed by atoms with van der Waals surface area (Å²) in [4.78, 5) is 40.7. The largest absolute Gasteiger partial charge is 0.467 e. The quantitative estimate of drug-likeness (QED) is 0.357. The summed E-state index contributed by atoms with van der Waals surface area (Å²) < 4.78 is 5.26. The topological polar surface area (TPSA) is 86.1 Å². The summed E-state index contributed by atoms with van der Waals surface area (Å²) in [6, 6.07) is 4.11. The van der Waals surface area contributed by atoms with E-state index in [1.54, 1.807) is 49.2 Å². The Labute approximate surface area is 225 Å². The predicted octanol–water partition coefficient (Wildman–Crippen LogP) is 4.71. The van der Waals surface area contributed by atoms with Gasteiger partial charge in [-0.3, -0.25) is 14.4 Å². The normalized spacial score (nSPS) is 14.6. The van der Waals surface area contributed by atoms with Gasteiger partial charge in [0.05, 0.1) is 25.4 Å². The molecule has 0 aliphatic carbocycles. The first-order valence-electron chi connectivity index (χ1n) is 13.6. The number of nitrogens with zero attached hydrogens (tertiary/aromatic N) is 3. The van der Waals surface area contributed by atoms with E-state index in [0.29, 0.717) is 24.3 Å². The van der Waals surface area contributed by atoms with Crippen LogP contribution in [0, 0.1) is 5.92 Å². The van der Waals surface area contributed by atoms with Crippen LogP contribution in [0.3, 0.4) is 0 Å². The Balaban J connectivity index is 0.000000887. The zero-order valence-electron chi connectivity index (χ0n) is 24.8. The Bertz CT molecular complexity index is 784. The fourth-order valence-corrected chi connectivity index (χ4v) is 3.94. The molecule has 1 fully saturated rings. The van der Waals surface area contributed by atoms with Gasteiger partial charge in [-0.05, 0) is 64.8 Å². The number of rotatable bonds is 10. The number of piperidine rings is 1. The summed E-state index contributed by atoms with van der Waals surface area (Å²) in [5, 5.41) is 2.36. The standard InChI is InChI=1S/C18H27N3O4.C8H17N.C3H8/c1-13(2)16(21(5)17(23)10-19-12-22)9-14(3)18(24)20(4)11-15-7-6-8-25-15;1-8(2)9-6-4-3-5-7-9;1-3-2/h6-9,12-13,16H,10-11H2,1-5H3,(H,19,22);8H,3-7H2,1-2H3;3H2,1-2H3/b14-9+;;/t16-;;/m1../s1. The first kappa shape index (κ1) is 34.4. The molecule has 212 valence electrons. The van der Waals surface area contributed by atoms with Crippen molar-refractivity contribution in [2.45, 2.75) is 92.8 Å². The molecule has 2 rings (SSSR count).